The Labute approximate surface area is 128 Å². The number of benzene rings is 1. The Morgan fingerprint density at radius 3 is 3.05 bits per heavy atom. The van der Waals surface area contributed by atoms with Crippen LogP contribution >= 0.6 is 23.4 Å². The summed E-state index contributed by atoms with van der Waals surface area (Å²) in [5, 5.41) is 4.49. The number of hydrogen-bond acceptors (Lipinski definition) is 3. The maximum atomic E-state index is 13.3. The van der Waals surface area contributed by atoms with Crippen LogP contribution in [0.25, 0.3) is 0 Å². The van der Waals surface area contributed by atoms with E-state index < -0.39 is 0 Å². The molecule has 1 aromatic rings. The normalized spacial score (nSPS) is 29.6. The Balaban J connectivity index is 1.75. The summed E-state index contributed by atoms with van der Waals surface area (Å²) in [6.45, 7) is 2.30. The minimum atomic E-state index is -0.329. The molecule has 1 saturated carbocycles. The van der Waals surface area contributed by atoms with Gasteiger partial charge in [0, 0.05) is 16.5 Å². The van der Waals surface area contributed by atoms with Gasteiger partial charge >= 0.3 is 0 Å². The number of nitrogens with one attached hydrogen (secondary N) is 1. The fourth-order valence-electron chi connectivity index (χ4n) is 3.16. The molecule has 2 nitrogen and oxygen atoms in total. The van der Waals surface area contributed by atoms with Gasteiger partial charge in [-0.05, 0) is 37.0 Å². The Bertz CT molecular complexity index is 528. The van der Waals surface area contributed by atoms with Crippen molar-refractivity contribution in [2.45, 2.75) is 38.1 Å². The van der Waals surface area contributed by atoms with Crippen LogP contribution in [0.5, 0.6) is 0 Å². The van der Waals surface area contributed by atoms with Crippen molar-refractivity contribution < 1.29 is 4.39 Å². The van der Waals surface area contributed by atoms with Crippen molar-refractivity contribution in [3.63, 3.8) is 0 Å². The molecule has 0 aromatic heterocycles. The zero-order valence-electron chi connectivity index (χ0n) is 11.5. The number of halogens is 2. The summed E-state index contributed by atoms with van der Waals surface area (Å²) in [5.41, 5.74) is 0.768. The van der Waals surface area contributed by atoms with Gasteiger partial charge in [-0.2, -0.15) is 0 Å². The molecule has 2 atom stereocenters. The molecule has 1 aliphatic carbocycles. The molecule has 2 aliphatic rings. The average Bonchev–Trinajstić information content (AvgIpc) is 2.70. The average molecular weight is 313 g/mol. The maximum Gasteiger partial charge on any atom is 0.161 e. The summed E-state index contributed by atoms with van der Waals surface area (Å²) < 4.78 is 13.3. The molecule has 0 bridgehead atoms. The second-order valence-electron chi connectivity index (χ2n) is 5.91. The number of nitrogens with zero attached hydrogens (tertiary/aromatic N) is 1. The van der Waals surface area contributed by atoms with E-state index in [-0.39, 0.29) is 11.4 Å². The Kier molecular flexibility index (Phi) is 3.95. The van der Waals surface area contributed by atoms with Crippen LogP contribution in [0, 0.1) is 11.7 Å². The van der Waals surface area contributed by atoms with E-state index in [9.17, 15) is 4.39 Å². The highest BCUT2D eigenvalue weighted by Gasteiger charge is 2.39. The van der Waals surface area contributed by atoms with Crippen LogP contribution in [0.4, 0.5) is 10.1 Å². The molecule has 108 valence electrons. The lowest BCUT2D eigenvalue weighted by molar-refractivity contribution is 0.266. The first-order valence-electron chi connectivity index (χ1n) is 7.00. The zero-order chi connectivity index (χ0) is 14.2. The Hall–Kier alpha value is -0.740. The quantitative estimate of drug-likeness (QED) is 0.794. The van der Waals surface area contributed by atoms with Crippen LogP contribution in [0.3, 0.4) is 0 Å². The van der Waals surface area contributed by atoms with E-state index >= 15 is 0 Å². The fourth-order valence-corrected chi connectivity index (χ4v) is 4.56. The molecule has 2 unspecified atom stereocenters. The number of amidine groups is 1. The van der Waals surface area contributed by atoms with Crippen molar-refractivity contribution in [1.29, 1.82) is 0 Å². The number of hydrogen-bond donors (Lipinski definition) is 1. The van der Waals surface area contributed by atoms with E-state index in [1.54, 1.807) is 17.8 Å². The van der Waals surface area contributed by atoms with E-state index in [4.69, 9.17) is 16.6 Å². The van der Waals surface area contributed by atoms with Crippen molar-refractivity contribution in [2.24, 2.45) is 10.9 Å². The van der Waals surface area contributed by atoms with E-state index in [0.29, 0.717) is 10.7 Å². The highest BCUT2D eigenvalue weighted by molar-refractivity contribution is 8.14. The van der Waals surface area contributed by atoms with Gasteiger partial charge in [0.15, 0.2) is 5.17 Å². The van der Waals surface area contributed by atoms with Gasteiger partial charge < -0.3 is 5.32 Å². The lowest BCUT2D eigenvalue weighted by Crippen LogP contribution is -2.33. The first kappa shape index (κ1) is 14.2. The van der Waals surface area contributed by atoms with E-state index in [0.717, 1.165) is 23.3 Å². The van der Waals surface area contributed by atoms with E-state index in [2.05, 4.69) is 12.2 Å². The van der Waals surface area contributed by atoms with Gasteiger partial charge in [0.05, 0.1) is 5.54 Å². The third-order valence-corrected chi connectivity index (χ3v) is 5.36. The molecule has 1 fully saturated rings. The topological polar surface area (TPSA) is 24.4 Å². The summed E-state index contributed by atoms with van der Waals surface area (Å²) in [5.74, 6) is 1.45. The molecule has 0 radical (unpaired) electrons. The fraction of sp³-hybridized carbons (Fsp3) is 0.533. The van der Waals surface area contributed by atoms with E-state index in [1.807, 2.05) is 0 Å². The molecule has 3 rings (SSSR count). The van der Waals surface area contributed by atoms with Gasteiger partial charge in [0.25, 0.3) is 0 Å². The molecule has 1 spiro atoms. The molecule has 0 saturated heterocycles. The number of anilines is 1. The second kappa shape index (κ2) is 5.57. The summed E-state index contributed by atoms with van der Waals surface area (Å²) in [6, 6.07) is 4.48. The maximum absolute atomic E-state index is 13.3. The second-order valence-corrected chi connectivity index (χ2v) is 7.32. The van der Waals surface area contributed by atoms with Crippen molar-refractivity contribution >= 4 is 34.2 Å². The number of aliphatic imine (C=N–C) groups is 1. The standard InChI is InChI=1S/C15H18ClFN2S/c1-10-3-2-4-15(8-10)9-20-14(19-15)18-13-6-11(16)5-12(17)7-13/h5-7,10H,2-4,8-9H2,1H3,(H,18,19). The minimum absolute atomic E-state index is 0.0990. The highest BCUT2D eigenvalue weighted by atomic mass is 35.5. The lowest BCUT2D eigenvalue weighted by atomic mass is 9.78. The molecule has 0 amide bonds. The Morgan fingerprint density at radius 1 is 1.45 bits per heavy atom. The molecular weight excluding hydrogens is 295 g/mol. The smallest absolute Gasteiger partial charge is 0.161 e. The first-order chi connectivity index (χ1) is 9.55. The monoisotopic (exact) mass is 312 g/mol. The first-order valence-corrected chi connectivity index (χ1v) is 8.37. The van der Waals surface area contributed by atoms with Gasteiger partial charge in [-0.3, -0.25) is 4.99 Å². The van der Waals surface area contributed by atoms with Crippen molar-refractivity contribution in [2.75, 3.05) is 11.1 Å². The lowest BCUT2D eigenvalue weighted by Gasteiger charge is -2.33. The van der Waals surface area contributed by atoms with Gasteiger partial charge in [-0.1, -0.05) is 43.1 Å². The van der Waals surface area contributed by atoms with Crippen molar-refractivity contribution in [1.82, 2.24) is 0 Å². The largest absolute Gasteiger partial charge is 0.335 e. The van der Waals surface area contributed by atoms with Crippen LogP contribution in [-0.4, -0.2) is 16.5 Å². The van der Waals surface area contributed by atoms with Crippen LogP contribution in [0.1, 0.15) is 32.6 Å². The summed E-state index contributed by atoms with van der Waals surface area (Å²) >= 11 is 7.60. The van der Waals surface area contributed by atoms with Gasteiger partial charge in [-0.25, -0.2) is 4.39 Å². The van der Waals surface area contributed by atoms with Crippen LogP contribution in [0.2, 0.25) is 5.02 Å². The van der Waals surface area contributed by atoms with Crippen LogP contribution in [0.15, 0.2) is 23.2 Å². The molecule has 5 heteroatoms. The number of thioether (sulfide) groups is 1. The molecule has 1 aliphatic heterocycles. The number of rotatable bonds is 1. The molecule has 20 heavy (non-hydrogen) atoms. The summed E-state index contributed by atoms with van der Waals surface area (Å²) in [7, 11) is 0. The van der Waals surface area contributed by atoms with Gasteiger partial charge in [0.1, 0.15) is 5.82 Å². The van der Waals surface area contributed by atoms with Crippen LogP contribution < -0.4 is 5.32 Å². The van der Waals surface area contributed by atoms with Crippen molar-refractivity contribution in [3.05, 3.63) is 29.0 Å². The van der Waals surface area contributed by atoms with Gasteiger partial charge in [0.2, 0.25) is 0 Å². The van der Waals surface area contributed by atoms with Gasteiger partial charge in [-0.15, -0.1) is 0 Å². The summed E-state index contributed by atoms with van der Waals surface area (Å²) in [6.07, 6.45) is 4.89. The molecule has 1 heterocycles. The predicted molar refractivity (Wildman–Crippen MR) is 85.3 cm³/mol. The minimum Gasteiger partial charge on any atom is -0.335 e. The highest BCUT2D eigenvalue weighted by Crippen LogP contribution is 2.42. The molecular formula is C15H18ClFN2S. The molecule has 1 aromatic carbocycles. The van der Waals surface area contributed by atoms with Crippen molar-refractivity contribution in [3.8, 4) is 0 Å². The van der Waals surface area contributed by atoms with Crippen LogP contribution in [-0.2, 0) is 0 Å². The summed E-state index contributed by atoms with van der Waals surface area (Å²) in [4.78, 5) is 4.89. The SMILES string of the molecule is CC1CCCC2(CSC(Nc3cc(F)cc(Cl)c3)=N2)C1. The zero-order valence-corrected chi connectivity index (χ0v) is 13.0. The third kappa shape index (κ3) is 3.12. The predicted octanol–water partition coefficient (Wildman–Crippen LogP) is 4.94. The molecule has 1 N–H and O–H groups in total. The van der Waals surface area contributed by atoms with E-state index in [1.165, 1.54) is 31.4 Å². The third-order valence-electron chi connectivity index (χ3n) is 4.00. The Morgan fingerprint density at radius 2 is 2.30 bits per heavy atom.